The van der Waals surface area contributed by atoms with Gasteiger partial charge in [0.25, 0.3) is 0 Å². The number of carbonyl (C=O) groups excluding carboxylic acids is 1. The second-order valence-corrected chi connectivity index (χ2v) is 5.67. The number of ether oxygens (including phenoxy) is 1. The van der Waals surface area contributed by atoms with Crippen LogP contribution in [-0.4, -0.2) is 19.2 Å². The Morgan fingerprint density at radius 1 is 1.04 bits per heavy atom. The number of carbonyl (C=O) groups is 1. The number of benzene rings is 2. The molecule has 122 valence electrons. The van der Waals surface area contributed by atoms with Crippen LogP contribution in [0.1, 0.15) is 23.1 Å². The predicted molar refractivity (Wildman–Crippen MR) is 94.2 cm³/mol. The Balaban J connectivity index is 1.69. The molecule has 0 aliphatic rings. The Kier molecular flexibility index (Phi) is 6.03. The van der Waals surface area contributed by atoms with E-state index >= 15 is 0 Å². The standard InChI is InChI=1S/C19H24N2O2/c1-14-9-10-15(2)17(13-14)21-19(22)20-11-6-12-23-18-8-5-4-7-16(18)3/h4-5,7-10,13H,6,11-12H2,1-3H3,(H2,20,21,22). The maximum atomic E-state index is 11.9. The molecule has 2 amide bonds. The quantitative estimate of drug-likeness (QED) is 0.785. The van der Waals surface area contributed by atoms with Crippen molar-refractivity contribution in [1.29, 1.82) is 0 Å². The number of amides is 2. The maximum absolute atomic E-state index is 11.9. The first-order valence-electron chi connectivity index (χ1n) is 7.87. The largest absolute Gasteiger partial charge is 0.493 e. The minimum absolute atomic E-state index is 0.186. The third-order valence-electron chi connectivity index (χ3n) is 3.60. The summed E-state index contributed by atoms with van der Waals surface area (Å²) in [5.41, 5.74) is 4.14. The van der Waals surface area contributed by atoms with E-state index in [1.54, 1.807) is 0 Å². The first kappa shape index (κ1) is 16.9. The van der Waals surface area contributed by atoms with E-state index in [2.05, 4.69) is 10.6 Å². The third-order valence-corrected chi connectivity index (χ3v) is 3.60. The molecular weight excluding hydrogens is 288 g/mol. The van der Waals surface area contributed by atoms with Crippen LogP contribution in [0.3, 0.4) is 0 Å². The van der Waals surface area contributed by atoms with Crippen molar-refractivity contribution in [2.24, 2.45) is 0 Å². The summed E-state index contributed by atoms with van der Waals surface area (Å²) >= 11 is 0. The van der Waals surface area contributed by atoms with Crippen molar-refractivity contribution in [2.75, 3.05) is 18.5 Å². The zero-order valence-corrected chi connectivity index (χ0v) is 14.0. The van der Waals surface area contributed by atoms with Crippen LogP contribution in [-0.2, 0) is 0 Å². The molecule has 2 aromatic rings. The highest BCUT2D eigenvalue weighted by molar-refractivity contribution is 5.90. The fourth-order valence-corrected chi connectivity index (χ4v) is 2.21. The summed E-state index contributed by atoms with van der Waals surface area (Å²) < 4.78 is 5.70. The number of nitrogens with one attached hydrogen (secondary N) is 2. The summed E-state index contributed by atoms with van der Waals surface area (Å²) in [7, 11) is 0. The minimum Gasteiger partial charge on any atom is -0.493 e. The van der Waals surface area contributed by atoms with E-state index < -0.39 is 0 Å². The lowest BCUT2D eigenvalue weighted by molar-refractivity contribution is 0.250. The van der Waals surface area contributed by atoms with Gasteiger partial charge in [-0.25, -0.2) is 4.79 Å². The molecule has 0 spiro atoms. The number of para-hydroxylation sites is 1. The third kappa shape index (κ3) is 5.33. The molecule has 2 N–H and O–H groups in total. The van der Waals surface area contributed by atoms with Gasteiger partial charge in [-0.2, -0.15) is 0 Å². The summed E-state index contributed by atoms with van der Waals surface area (Å²) in [6, 6.07) is 13.7. The van der Waals surface area contributed by atoms with Crippen LogP contribution in [0, 0.1) is 20.8 Å². The normalized spacial score (nSPS) is 10.2. The Morgan fingerprint density at radius 3 is 2.61 bits per heavy atom. The number of hydrogen-bond acceptors (Lipinski definition) is 2. The van der Waals surface area contributed by atoms with E-state index in [0.717, 1.165) is 34.5 Å². The fourth-order valence-electron chi connectivity index (χ4n) is 2.21. The lowest BCUT2D eigenvalue weighted by atomic mass is 10.1. The van der Waals surface area contributed by atoms with Crippen LogP contribution in [0.5, 0.6) is 5.75 Å². The van der Waals surface area contributed by atoms with Gasteiger partial charge >= 0.3 is 6.03 Å². The van der Waals surface area contributed by atoms with E-state index in [1.165, 1.54) is 0 Å². The number of urea groups is 1. The number of hydrogen-bond donors (Lipinski definition) is 2. The first-order valence-corrected chi connectivity index (χ1v) is 7.87. The van der Waals surface area contributed by atoms with Gasteiger partial charge < -0.3 is 15.4 Å². The molecule has 0 atom stereocenters. The smallest absolute Gasteiger partial charge is 0.319 e. The molecule has 0 aliphatic carbocycles. The molecule has 0 saturated carbocycles. The van der Waals surface area contributed by atoms with Crippen LogP contribution < -0.4 is 15.4 Å². The van der Waals surface area contributed by atoms with E-state index in [0.29, 0.717) is 13.2 Å². The number of aryl methyl sites for hydroxylation is 3. The van der Waals surface area contributed by atoms with Crippen LogP contribution in [0.4, 0.5) is 10.5 Å². The lowest BCUT2D eigenvalue weighted by Gasteiger charge is -2.11. The zero-order valence-electron chi connectivity index (χ0n) is 14.0. The molecule has 0 radical (unpaired) electrons. The molecular formula is C19H24N2O2. The molecule has 0 fully saturated rings. The van der Waals surface area contributed by atoms with E-state index in [-0.39, 0.29) is 6.03 Å². The molecule has 2 aromatic carbocycles. The summed E-state index contributed by atoms with van der Waals surface area (Å²) in [6.45, 7) is 7.15. The van der Waals surface area contributed by atoms with Gasteiger partial charge in [0.15, 0.2) is 0 Å². The van der Waals surface area contributed by atoms with E-state index in [1.807, 2.05) is 63.2 Å². The van der Waals surface area contributed by atoms with Crippen LogP contribution in [0.2, 0.25) is 0 Å². The topological polar surface area (TPSA) is 50.4 Å². The van der Waals surface area contributed by atoms with Gasteiger partial charge in [-0.15, -0.1) is 0 Å². The molecule has 23 heavy (non-hydrogen) atoms. The molecule has 0 aromatic heterocycles. The Hall–Kier alpha value is -2.49. The van der Waals surface area contributed by atoms with Crippen molar-refractivity contribution >= 4 is 11.7 Å². The molecule has 0 unspecified atom stereocenters. The Bertz CT molecular complexity index is 668. The van der Waals surface area contributed by atoms with Crippen molar-refractivity contribution in [3.8, 4) is 5.75 Å². The zero-order chi connectivity index (χ0) is 16.7. The van der Waals surface area contributed by atoms with Crippen molar-refractivity contribution in [3.05, 3.63) is 59.2 Å². The summed E-state index contributed by atoms with van der Waals surface area (Å²) in [5.74, 6) is 0.896. The summed E-state index contributed by atoms with van der Waals surface area (Å²) in [4.78, 5) is 11.9. The Morgan fingerprint density at radius 2 is 1.83 bits per heavy atom. The highest BCUT2D eigenvalue weighted by Crippen LogP contribution is 2.17. The van der Waals surface area contributed by atoms with Crippen LogP contribution in [0.25, 0.3) is 0 Å². The van der Waals surface area contributed by atoms with Crippen molar-refractivity contribution in [3.63, 3.8) is 0 Å². The number of rotatable bonds is 6. The van der Waals surface area contributed by atoms with E-state index in [9.17, 15) is 4.79 Å². The molecule has 0 saturated heterocycles. The van der Waals surface area contributed by atoms with Gasteiger partial charge in [0, 0.05) is 12.2 Å². The lowest BCUT2D eigenvalue weighted by Crippen LogP contribution is -2.30. The van der Waals surface area contributed by atoms with Crippen molar-refractivity contribution in [2.45, 2.75) is 27.2 Å². The molecule has 0 aliphatic heterocycles. The van der Waals surface area contributed by atoms with Gasteiger partial charge in [0.1, 0.15) is 5.75 Å². The average molecular weight is 312 g/mol. The monoisotopic (exact) mass is 312 g/mol. The highest BCUT2D eigenvalue weighted by Gasteiger charge is 2.04. The Labute approximate surface area is 137 Å². The SMILES string of the molecule is Cc1ccc(C)c(NC(=O)NCCCOc2ccccc2C)c1. The first-order chi connectivity index (χ1) is 11.1. The minimum atomic E-state index is -0.186. The molecule has 4 nitrogen and oxygen atoms in total. The highest BCUT2D eigenvalue weighted by atomic mass is 16.5. The summed E-state index contributed by atoms with van der Waals surface area (Å²) in [6.07, 6.45) is 0.758. The predicted octanol–water partition coefficient (Wildman–Crippen LogP) is 4.20. The second-order valence-electron chi connectivity index (χ2n) is 5.67. The second kappa shape index (κ2) is 8.22. The number of anilines is 1. The average Bonchev–Trinajstić information content (AvgIpc) is 2.52. The fraction of sp³-hybridized carbons (Fsp3) is 0.316. The summed E-state index contributed by atoms with van der Waals surface area (Å²) in [5, 5.41) is 5.73. The van der Waals surface area contributed by atoms with Crippen LogP contribution >= 0.6 is 0 Å². The van der Waals surface area contributed by atoms with Gasteiger partial charge in [-0.05, 0) is 56.0 Å². The van der Waals surface area contributed by atoms with Crippen LogP contribution in [0.15, 0.2) is 42.5 Å². The molecule has 2 rings (SSSR count). The van der Waals surface area contributed by atoms with Gasteiger partial charge in [0.2, 0.25) is 0 Å². The van der Waals surface area contributed by atoms with Gasteiger partial charge in [-0.1, -0.05) is 30.3 Å². The van der Waals surface area contributed by atoms with Crippen molar-refractivity contribution in [1.82, 2.24) is 5.32 Å². The van der Waals surface area contributed by atoms with Gasteiger partial charge in [-0.3, -0.25) is 0 Å². The molecule has 0 bridgehead atoms. The molecule has 0 heterocycles. The van der Waals surface area contributed by atoms with Gasteiger partial charge in [0.05, 0.1) is 6.61 Å². The molecule has 4 heteroatoms. The maximum Gasteiger partial charge on any atom is 0.319 e. The van der Waals surface area contributed by atoms with E-state index in [4.69, 9.17) is 4.74 Å². The van der Waals surface area contributed by atoms with Crippen molar-refractivity contribution < 1.29 is 9.53 Å².